The van der Waals surface area contributed by atoms with E-state index in [9.17, 15) is 0 Å². The molecule has 0 fully saturated rings. The Bertz CT molecular complexity index is 528. The Morgan fingerprint density at radius 2 is 2.22 bits per heavy atom. The highest BCUT2D eigenvalue weighted by Gasteiger charge is 2.06. The van der Waals surface area contributed by atoms with Gasteiger partial charge in [0.05, 0.1) is 13.3 Å². The molecule has 1 aromatic carbocycles. The third kappa shape index (κ3) is 3.01. The highest BCUT2D eigenvalue weighted by atomic mass is 79.9. The van der Waals surface area contributed by atoms with Crippen LogP contribution in [0.15, 0.2) is 24.4 Å². The lowest BCUT2D eigenvalue weighted by Gasteiger charge is -2.10. The van der Waals surface area contributed by atoms with Gasteiger partial charge < -0.3 is 9.47 Å². The molecule has 1 aromatic heterocycles. The van der Waals surface area contributed by atoms with Crippen molar-refractivity contribution >= 4 is 15.9 Å². The van der Waals surface area contributed by atoms with E-state index in [1.165, 1.54) is 0 Å². The van der Waals surface area contributed by atoms with Crippen molar-refractivity contribution < 1.29 is 9.47 Å². The van der Waals surface area contributed by atoms with Gasteiger partial charge in [-0.05, 0) is 6.07 Å². The molecule has 0 saturated heterocycles. The zero-order valence-corrected chi connectivity index (χ0v) is 11.8. The minimum absolute atomic E-state index is 0.390. The number of aromatic nitrogens is 3. The molecule has 2 aromatic rings. The van der Waals surface area contributed by atoms with Crippen LogP contribution in [-0.4, -0.2) is 22.1 Å². The summed E-state index contributed by atoms with van der Waals surface area (Å²) >= 11 is 3.43. The van der Waals surface area contributed by atoms with Crippen molar-refractivity contribution in [3.8, 4) is 11.5 Å². The van der Waals surface area contributed by atoms with Crippen molar-refractivity contribution in [3.63, 3.8) is 0 Å². The maximum Gasteiger partial charge on any atom is 0.134 e. The Morgan fingerprint density at radius 3 is 2.83 bits per heavy atom. The lowest BCUT2D eigenvalue weighted by Crippen LogP contribution is -1.99. The second-order valence-electron chi connectivity index (χ2n) is 3.78. The quantitative estimate of drug-likeness (QED) is 0.795. The summed E-state index contributed by atoms with van der Waals surface area (Å²) < 4.78 is 12.6. The number of rotatable bonds is 5. The lowest BCUT2D eigenvalue weighted by atomic mass is 10.2. The van der Waals surface area contributed by atoms with Gasteiger partial charge >= 0.3 is 0 Å². The molecule has 0 radical (unpaired) electrons. The zero-order chi connectivity index (χ0) is 13.0. The summed E-state index contributed by atoms with van der Waals surface area (Å²) in [7, 11) is 3.46. The molecule has 0 aliphatic carbocycles. The number of alkyl halides is 1. The van der Waals surface area contributed by atoms with Gasteiger partial charge in [0.2, 0.25) is 0 Å². The molecule has 0 unspecified atom stereocenters. The number of hydrogen-bond acceptors (Lipinski definition) is 4. The van der Waals surface area contributed by atoms with Crippen molar-refractivity contribution in [2.45, 2.75) is 11.9 Å². The van der Waals surface area contributed by atoms with Gasteiger partial charge in [-0.1, -0.05) is 27.2 Å². The fourth-order valence-electron chi connectivity index (χ4n) is 1.52. The van der Waals surface area contributed by atoms with E-state index in [-0.39, 0.29) is 0 Å². The highest BCUT2D eigenvalue weighted by molar-refractivity contribution is 9.08. The first-order chi connectivity index (χ1) is 8.72. The first-order valence-electron chi connectivity index (χ1n) is 5.44. The predicted molar refractivity (Wildman–Crippen MR) is 71.0 cm³/mol. The van der Waals surface area contributed by atoms with E-state index in [1.54, 1.807) is 11.8 Å². The van der Waals surface area contributed by atoms with Crippen LogP contribution < -0.4 is 9.47 Å². The maximum absolute atomic E-state index is 5.74. The van der Waals surface area contributed by atoms with Crippen LogP contribution in [0.2, 0.25) is 0 Å². The number of hydrogen-bond donors (Lipinski definition) is 0. The van der Waals surface area contributed by atoms with Crippen LogP contribution >= 0.6 is 15.9 Å². The highest BCUT2D eigenvalue weighted by Crippen LogP contribution is 2.27. The fourth-order valence-corrected chi connectivity index (χ4v) is 1.98. The van der Waals surface area contributed by atoms with E-state index in [0.29, 0.717) is 6.61 Å². The molecule has 0 amide bonds. The maximum atomic E-state index is 5.74. The van der Waals surface area contributed by atoms with Crippen LogP contribution in [0.25, 0.3) is 0 Å². The molecule has 0 aliphatic heterocycles. The molecule has 0 spiro atoms. The van der Waals surface area contributed by atoms with Gasteiger partial charge in [-0.3, -0.25) is 4.68 Å². The van der Waals surface area contributed by atoms with Gasteiger partial charge in [0, 0.05) is 24.0 Å². The molecule has 0 saturated carbocycles. The topological polar surface area (TPSA) is 49.2 Å². The summed E-state index contributed by atoms with van der Waals surface area (Å²) in [5.74, 6) is 1.56. The number of benzene rings is 1. The van der Waals surface area contributed by atoms with Crippen LogP contribution in [0.1, 0.15) is 11.3 Å². The van der Waals surface area contributed by atoms with E-state index >= 15 is 0 Å². The number of ether oxygens (including phenoxy) is 2. The Balaban J connectivity index is 2.11. The summed E-state index contributed by atoms with van der Waals surface area (Å²) in [4.78, 5) is 0. The van der Waals surface area contributed by atoms with Crippen molar-refractivity contribution in [3.05, 3.63) is 35.7 Å². The summed E-state index contributed by atoms with van der Waals surface area (Å²) in [6, 6.07) is 5.75. The normalized spacial score (nSPS) is 10.4. The first kappa shape index (κ1) is 12.9. The van der Waals surface area contributed by atoms with Gasteiger partial charge in [0.15, 0.2) is 0 Å². The largest absolute Gasteiger partial charge is 0.497 e. The van der Waals surface area contributed by atoms with Crippen LogP contribution in [0.4, 0.5) is 0 Å². The minimum atomic E-state index is 0.390. The number of aryl methyl sites for hydroxylation is 1. The van der Waals surface area contributed by atoms with Gasteiger partial charge in [-0.25, -0.2) is 0 Å². The Labute approximate surface area is 114 Å². The molecular weight excluding hydrogens is 298 g/mol. The number of methoxy groups -OCH3 is 1. The molecule has 96 valence electrons. The van der Waals surface area contributed by atoms with Crippen molar-refractivity contribution in [2.24, 2.45) is 7.05 Å². The summed E-state index contributed by atoms with van der Waals surface area (Å²) in [6.45, 7) is 0.390. The second-order valence-corrected chi connectivity index (χ2v) is 4.34. The Kier molecular flexibility index (Phi) is 4.19. The lowest BCUT2D eigenvalue weighted by molar-refractivity contribution is 0.296. The predicted octanol–water partition coefficient (Wildman–Crippen LogP) is 2.30. The second kappa shape index (κ2) is 5.86. The van der Waals surface area contributed by atoms with E-state index in [4.69, 9.17) is 9.47 Å². The van der Waals surface area contributed by atoms with Gasteiger partial charge in [-0.2, -0.15) is 0 Å². The molecule has 5 nitrogen and oxygen atoms in total. The summed E-state index contributed by atoms with van der Waals surface area (Å²) in [5, 5.41) is 8.56. The first-order valence-corrected chi connectivity index (χ1v) is 6.56. The van der Waals surface area contributed by atoms with Gasteiger partial charge in [0.25, 0.3) is 0 Å². The molecule has 18 heavy (non-hydrogen) atoms. The van der Waals surface area contributed by atoms with Crippen molar-refractivity contribution in [2.75, 3.05) is 7.11 Å². The van der Waals surface area contributed by atoms with Crippen molar-refractivity contribution in [1.29, 1.82) is 0 Å². The Hall–Kier alpha value is -1.56. The molecule has 6 heteroatoms. The van der Waals surface area contributed by atoms with Crippen LogP contribution in [0.5, 0.6) is 11.5 Å². The standard InChI is InChI=1S/C12H14BrN3O2/c1-16-7-10(14-15-16)8-18-12-5-11(17-2)4-3-9(12)6-13/h3-5,7H,6,8H2,1-2H3. The van der Waals surface area contributed by atoms with E-state index in [1.807, 2.05) is 31.4 Å². The van der Waals surface area contributed by atoms with Crippen LogP contribution in [0.3, 0.4) is 0 Å². The third-order valence-electron chi connectivity index (χ3n) is 2.44. The van der Waals surface area contributed by atoms with Crippen LogP contribution in [-0.2, 0) is 19.0 Å². The van der Waals surface area contributed by atoms with E-state index < -0.39 is 0 Å². The molecule has 2 rings (SSSR count). The Morgan fingerprint density at radius 1 is 1.39 bits per heavy atom. The molecule has 1 heterocycles. The molecule has 0 aliphatic rings. The minimum Gasteiger partial charge on any atom is -0.497 e. The van der Waals surface area contributed by atoms with Gasteiger partial charge in [-0.15, -0.1) is 5.10 Å². The van der Waals surface area contributed by atoms with E-state index in [2.05, 4.69) is 26.2 Å². The molecule has 0 bridgehead atoms. The van der Waals surface area contributed by atoms with Crippen molar-refractivity contribution in [1.82, 2.24) is 15.0 Å². The zero-order valence-electron chi connectivity index (χ0n) is 10.3. The fraction of sp³-hybridized carbons (Fsp3) is 0.333. The smallest absolute Gasteiger partial charge is 0.134 e. The van der Waals surface area contributed by atoms with E-state index in [0.717, 1.165) is 28.1 Å². The number of nitrogens with zero attached hydrogens (tertiary/aromatic N) is 3. The molecular formula is C12H14BrN3O2. The number of halogens is 1. The average molecular weight is 312 g/mol. The van der Waals surface area contributed by atoms with Crippen LogP contribution in [0, 0.1) is 0 Å². The molecule has 0 N–H and O–H groups in total. The average Bonchev–Trinajstić information content (AvgIpc) is 2.81. The summed E-state index contributed by atoms with van der Waals surface area (Å²) in [5.41, 5.74) is 1.86. The molecule has 0 atom stereocenters. The third-order valence-corrected chi connectivity index (χ3v) is 3.05. The summed E-state index contributed by atoms with van der Waals surface area (Å²) in [6.07, 6.45) is 1.83. The monoisotopic (exact) mass is 311 g/mol. The SMILES string of the molecule is COc1ccc(CBr)c(OCc2cn(C)nn2)c1. The van der Waals surface area contributed by atoms with Gasteiger partial charge in [0.1, 0.15) is 23.8 Å².